The van der Waals surface area contributed by atoms with E-state index < -0.39 is 0 Å². The molecular formula is C16H24ClN3O. The van der Waals surface area contributed by atoms with E-state index in [1.165, 1.54) is 0 Å². The largest absolute Gasteiger partial charge is 0.367 e. The summed E-state index contributed by atoms with van der Waals surface area (Å²) in [5.41, 5.74) is 1.06. The van der Waals surface area contributed by atoms with E-state index in [0.717, 1.165) is 43.4 Å². The monoisotopic (exact) mass is 309 g/mol. The van der Waals surface area contributed by atoms with Crippen molar-refractivity contribution in [1.82, 2.24) is 10.2 Å². The van der Waals surface area contributed by atoms with Crippen LogP contribution in [0, 0.1) is 0 Å². The Labute approximate surface area is 132 Å². The van der Waals surface area contributed by atoms with Crippen LogP contribution in [0.1, 0.15) is 20.3 Å². The number of benzene rings is 1. The zero-order valence-electron chi connectivity index (χ0n) is 12.8. The van der Waals surface area contributed by atoms with Crippen LogP contribution in [0.3, 0.4) is 0 Å². The van der Waals surface area contributed by atoms with E-state index in [1.807, 2.05) is 29.2 Å². The summed E-state index contributed by atoms with van der Waals surface area (Å²) >= 11 is 6.22. The normalized spacial score (nSPS) is 15.6. The number of nitrogens with one attached hydrogen (secondary N) is 1. The van der Waals surface area contributed by atoms with E-state index in [9.17, 15) is 4.79 Å². The van der Waals surface area contributed by atoms with Gasteiger partial charge in [0.05, 0.1) is 10.7 Å². The molecule has 1 aromatic rings. The molecule has 0 spiro atoms. The third kappa shape index (κ3) is 4.61. The summed E-state index contributed by atoms with van der Waals surface area (Å²) in [4.78, 5) is 16.3. The Hall–Kier alpha value is -1.26. The highest BCUT2D eigenvalue weighted by Gasteiger charge is 2.21. The Morgan fingerprint density at radius 3 is 2.52 bits per heavy atom. The highest BCUT2D eigenvalue weighted by atomic mass is 35.5. The van der Waals surface area contributed by atoms with Crippen molar-refractivity contribution in [3.05, 3.63) is 29.3 Å². The third-order valence-corrected chi connectivity index (χ3v) is 4.04. The lowest BCUT2D eigenvalue weighted by Gasteiger charge is -2.36. The lowest BCUT2D eigenvalue weighted by Crippen LogP contribution is -2.49. The van der Waals surface area contributed by atoms with E-state index in [0.29, 0.717) is 12.5 Å². The SMILES string of the molecule is CC(C)NCCC(=O)N1CCN(c2ccccc2Cl)CC1. The quantitative estimate of drug-likeness (QED) is 0.907. The highest BCUT2D eigenvalue weighted by molar-refractivity contribution is 6.33. The van der Waals surface area contributed by atoms with Gasteiger partial charge in [-0.1, -0.05) is 37.6 Å². The van der Waals surface area contributed by atoms with Gasteiger partial charge in [-0.2, -0.15) is 0 Å². The maximum absolute atomic E-state index is 12.1. The molecule has 2 rings (SSSR count). The van der Waals surface area contributed by atoms with Crippen molar-refractivity contribution in [3.63, 3.8) is 0 Å². The van der Waals surface area contributed by atoms with Gasteiger partial charge in [0.15, 0.2) is 0 Å². The van der Waals surface area contributed by atoms with Crippen LogP contribution in [0.5, 0.6) is 0 Å². The summed E-state index contributed by atoms with van der Waals surface area (Å²) in [7, 11) is 0. The summed E-state index contributed by atoms with van der Waals surface area (Å²) < 4.78 is 0. The molecule has 4 nitrogen and oxygen atoms in total. The fourth-order valence-corrected chi connectivity index (χ4v) is 2.79. The molecule has 0 aromatic heterocycles. The number of rotatable bonds is 5. The molecule has 1 amide bonds. The van der Waals surface area contributed by atoms with Crippen molar-refractivity contribution in [2.75, 3.05) is 37.6 Å². The zero-order valence-corrected chi connectivity index (χ0v) is 13.6. The number of hydrogen-bond donors (Lipinski definition) is 1. The number of halogens is 1. The number of piperazine rings is 1. The van der Waals surface area contributed by atoms with Gasteiger partial charge in [-0.3, -0.25) is 4.79 Å². The Kier molecular flexibility index (Phi) is 5.88. The van der Waals surface area contributed by atoms with Gasteiger partial charge in [-0.25, -0.2) is 0 Å². The van der Waals surface area contributed by atoms with Crippen LogP contribution in [-0.2, 0) is 4.79 Å². The van der Waals surface area contributed by atoms with Crippen molar-refractivity contribution in [1.29, 1.82) is 0 Å². The summed E-state index contributed by atoms with van der Waals surface area (Å²) in [6, 6.07) is 8.30. The standard InChI is InChI=1S/C16H24ClN3O/c1-13(2)18-8-7-16(21)20-11-9-19(10-12-20)15-6-4-3-5-14(15)17/h3-6,13,18H,7-12H2,1-2H3. The zero-order chi connectivity index (χ0) is 15.2. The molecular weight excluding hydrogens is 286 g/mol. The molecule has 0 radical (unpaired) electrons. The Balaban J connectivity index is 1.80. The van der Waals surface area contributed by atoms with E-state index >= 15 is 0 Å². The van der Waals surface area contributed by atoms with Gasteiger partial charge in [-0.15, -0.1) is 0 Å². The molecule has 116 valence electrons. The molecule has 1 aliphatic heterocycles. The summed E-state index contributed by atoms with van der Waals surface area (Å²) in [6.45, 7) is 8.15. The van der Waals surface area contributed by atoms with Crippen molar-refractivity contribution >= 4 is 23.2 Å². The minimum absolute atomic E-state index is 0.238. The number of hydrogen-bond acceptors (Lipinski definition) is 3. The fourth-order valence-electron chi connectivity index (χ4n) is 2.53. The molecule has 1 aromatic carbocycles. The second-order valence-electron chi connectivity index (χ2n) is 5.68. The Bertz CT molecular complexity index is 470. The van der Waals surface area contributed by atoms with Crippen LogP contribution in [-0.4, -0.2) is 49.6 Å². The van der Waals surface area contributed by atoms with Crippen molar-refractivity contribution in [2.24, 2.45) is 0 Å². The topological polar surface area (TPSA) is 35.6 Å². The number of anilines is 1. The van der Waals surface area contributed by atoms with E-state index in [2.05, 4.69) is 24.1 Å². The molecule has 1 saturated heterocycles. The second-order valence-corrected chi connectivity index (χ2v) is 6.09. The number of para-hydroxylation sites is 1. The average molecular weight is 310 g/mol. The van der Waals surface area contributed by atoms with Crippen molar-refractivity contribution < 1.29 is 4.79 Å². The molecule has 1 fully saturated rings. The van der Waals surface area contributed by atoms with Gasteiger partial charge in [0.2, 0.25) is 5.91 Å². The Morgan fingerprint density at radius 2 is 1.90 bits per heavy atom. The minimum atomic E-state index is 0.238. The van der Waals surface area contributed by atoms with Crippen LogP contribution in [0.2, 0.25) is 5.02 Å². The van der Waals surface area contributed by atoms with Crippen LogP contribution < -0.4 is 10.2 Å². The van der Waals surface area contributed by atoms with E-state index in [-0.39, 0.29) is 5.91 Å². The average Bonchev–Trinajstić information content (AvgIpc) is 2.47. The van der Waals surface area contributed by atoms with Gasteiger partial charge in [0.1, 0.15) is 0 Å². The molecule has 21 heavy (non-hydrogen) atoms. The lowest BCUT2D eigenvalue weighted by atomic mass is 10.2. The lowest BCUT2D eigenvalue weighted by molar-refractivity contribution is -0.131. The smallest absolute Gasteiger partial charge is 0.223 e. The molecule has 1 heterocycles. The summed E-state index contributed by atoms with van der Waals surface area (Å²) in [5, 5.41) is 4.06. The molecule has 0 aliphatic carbocycles. The Morgan fingerprint density at radius 1 is 1.24 bits per heavy atom. The predicted molar refractivity (Wildman–Crippen MR) is 88.0 cm³/mol. The first kappa shape index (κ1) is 16.1. The van der Waals surface area contributed by atoms with Gasteiger partial charge in [0, 0.05) is 45.2 Å². The predicted octanol–water partition coefficient (Wildman–Crippen LogP) is 2.38. The minimum Gasteiger partial charge on any atom is -0.367 e. The second kappa shape index (κ2) is 7.66. The third-order valence-electron chi connectivity index (χ3n) is 3.72. The molecule has 0 atom stereocenters. The fraction of sp³-hybridized carbons (Fsp3) is 0.562. The molecule has 0 unspecified atom stereocenters. The number of nitrogens with zero attached hydrogens (tertiary/aromatic N) is 2. The van der Waals surface area contributed by atoms with Crippen molar-refractivity contribution in [3.8, 4) is 0 Å². The van der Waals surface area contributed by atoms with Crippen LogP contribution in [0.15, 0.2) is 24.3 Å². The maximum Gasteiger partial charge on any atom is 0.223 e. The highest BCUT2D eigenvalue weighted by Crippen LogP contribution is 2.26. The van der Waals surface area contributed by atoms with Crippen molar-refractivity contribution in [2.45, 2.75) is 26.3 Å². The number of carbonyl (C=O) groups is 1. The molecule has 5 heteroatoms. The van der Waals surface area contributed by atoms with Gasteiger partial charge in [-0.05, 0) is 12.1 Å². The van der Waals surface area contributed by atoms with E-state index in [1.54, 1.807) is 0 Å². The first-order valence-corrected chi connectivity index (χ1v) is 7.96. The van der Waals surface area contributed by atoms with Crippen LogP contribution in [0.25, 0.3) is 0 Å². The number of amides is 1. The maximum atomic E-state index is 12.1. The molecule has 0 saturated carbocycles. The van der Waals surface area contributed by atoms with Crippen LogP contribution in [0.4, 0.5) is 5.69 Å². The summed E-state index contributed by atoms with van der Waals surface area (Å²) in [6.07, 6.45) is 0.574. The molecule has 1 N–H and O–H groups in total. The molecule has 1 aliphatic rings. The van der Waals surface area contributed by atoms with Crippen LogP contribution >= 0.6 is 11.6 Å². The van der Waals surface area contributed by atoms with Gasteiger partial charge >= 0.3 is 0 Å². The van der Waals surface area contributed by atoms with Gasteiger partial charge < -0.3 is 15.1 Å². The number of carbonyl (C=O) groups excluding carboxylic acids is 1. The van der Waals surface area contributed by atoms with E-state index in [4.69, 9.17) is 11.6 Å². The first-order chi connectivity index (χ1) is 10.1. The molecule has 0 bridgehead atoms. The van der Waals surface area contributed by atoms with Gasteiger partial charge in [0.25, 0.3) is 0 Å². The summed E-state index contributed by atoms with van der Waals surface area (Å²) in [5.74, 6) is 0.238. The first-order valence-electron chi connectivity index (χ1n) is 7.58.